The topological polar surface area (TPSA) is 64.4 Å². The molecule has 1 aromatic carbocycles. The highest BCUT2D eigenvalue weighted by Crippen LogP contribution is 2.29. The van der Waals surface area contributed by atoms with E-state index in [9.17, 15) is 14.5 Å². The van der Waals surface area contributed by atoms with Crippen molar-refractivity contribution in [1.82, 2.24) is 5.32 Å². The van der Waals surface area contributed by atoms with E-state index in [-0.39, 0.29) is 11.1 Å². The zero-order valence-corrected chi connectivity index (χ0v) is 11.5. The normalized spacial score (nSPS) is 17.9. The van der Waals surface area contributed by atoms with Gasteiger partial charge >= 0.3 is 0 Å². The van der Waals surface area contributed by atoms with Crippen LogP contribution in [0.4, 0.5) is 10.1 Å². The summed E-state index contributed by atoms with van der Waals surface area (Å²) in [4.78, 5) is 10.4. The lowest BCUT2D eigenvalue weighted by Crippen LogP contribution is -2.36. The highest BCUT2D eigenvalue weighted by Gasteiger charge is 2.27. The minimum atomic E-state index is -0.480. The van der Waals surface area contributed by atoms with Gasteiger partial charge in [0.2, 0.25) is 0 Å². The summed E-state index contributed by atoms with van der Waals surface area (Å²) >= 11 is 0. The fourth-order valence-corrected chi connectivity index (χ4v) is 2.41. The molecule has 1 fully saturated rings. The van der Waals surface area contributed by atoms with Gasteiger partial charge in [0.1, 0.15) is 5.82 Å². The summed E-state index contributed by atoms with van der Waals surface area (Å²) in [6, 6.07) is 3.54. The van der Waals surface area contributed by atoms with Crippen molar-refractivity contribution in [1.29, 1.82) is 0 Å². The number of nitrogens with zero attached hydrogens (tertiary/aromatic N) is 1. The second kappa shape index (κ2) is 6.28. The van der Waals surface area contributed by atoms with Crippen LogP contribution in [0.25, 0.3) is 0 Å². The van der Waals surface area contributed by atoms with E-state index >= 15 is 0 Å². The highest BCUT2D eigenvalue weighted by molar-refractivity contribution is 5.40. The molecule has 1 saturated heterocycles. The minimum absolute atomic E-state index is 0.0453. The number of benzene rings is 1. The molecule has 6 heteroatoms. The lowest BCUT2D eigenvalue weighted by Gasteiger charge is -2.33. The van der Waals surface area contributed by atoms with Crippen molar-refractivity contribution in [2.45, 2.75) is 26.3 Å². The van der Waals surface area contributed by atoms with Crippen molar-refractivity contribution < 1.29 is 14.1 Å². The van der Waals surface area contributed by atoms with Crippen molar-refractivity contribution in [2.24, 2.45) is 5.41 Å². The number of halogens is 1. The second-order valence-electron chi connectivity index (χ2n) is 5.56. The van der Waals surface area contributed by atoms with Crippen LogP contribution in [0.1, 0.15) is 25.3 Å². The van der Waals surface area contributed by atoms with Crippen LogP contribution < -0.4 is 5.32 Å². The Labute approximate surface area is 117 Å². The van der Waals surface area contributed by atoms with Crippen LogP contribution in [0.2, 0.25) is 0 Å². The maximum absolute atomic E-state index is 13.2. The summed E-state index contributed by atoms with van der Waals surface area (Å²) in [7, 11) is 0. The van der Waals surface area contributed by atoms with Gasteiger partial charge in [-0.05, 0) is 30.4 Å². The van der Waals surface area contributed by atoms with Crippen LogP contribution in [-0.4, -0.2) is 24.7 Å². The first-order chi connectivity index (χ1) is 9.50. The third-order valence-electron chi connectivity index (χ3n) is 3.81. The number of ether oxygens (including phenoxy) is 1. The van der Waals surface area contributed by atoms with Gasteiger partial charge in [-0.25, -0.2) is 4.39 Å². The van der Waals surface area contributed by atoms with Crippen LogP contribution >= 0.6 is 0 Å². The van der Waals surface area contributed by atoms with Gasteiger partial charge in [-0.1, -0.05) is 6.92 Å². The van der Waals surface area contributed by atoms with E-state index in [1.165, 1.54) is 12.1 Å². The van der Waals surface area contributed by atoms with Gasteiger partial charge in [0.05, 0.1) is 4.92 Å². The van der Waals surface area contributed by atoms with Crippen LogP contribution in [-0.2, 0) is 11.3 Å². The maximum Gasteiger partial charge on any atom is 0.274 e. The number of hydrogen-bond donors (Lipinski definition) is 1. The molecule has 0 atom stereocenters. The third kappa shape index (κ3) is 3.74. The number of nitro groups is 1. The smallest absolute Gasteiger partial charge is 0.274 e. The molecule has 0 aliphatic carbocycles. The monoisotopic (exact) mass is 282 g/mol. The van der Waals surface area contributed by atoms with Crippen LogP contribution in [0.5, 0.6) is 0 Å². The average molecular weight is 282 g/mol. The van der Waals surface area contributed by atoms with Crippen LogP contribution in [0, 0.1) is 21.3 Å². The molecular formula is C14H19FN2O3. The Morgan fingerprint density at radius 3 is 2.80 bits per heavy atom. The van der Waals surface area contributed by atoms with Crippen LogP contribution in [0.15, 0.2) is 18.2 Å². The van der Waals surface area contributed by atoms with E-state index in [1.807, 2.05) is 0 Å². The first-order valence-electron chi connectivity index (χ1n) is 6.71. The fraction of sp³-hybridized carbons (Fsp3) is 0.571. The van der Waals surface area contributed by atoms with Gasteiger partial charge in [0, 0.05) is 37.9 Å². The Bertz CT molecular complexity index is 487. The van der Waals surface area contributed by atoms with Crippen molar-refractivity contribution in [2.75, 3.05) is 19.8 Å². The number of nitrogens with one attached hydrogen (secondary N) is 1. The molecule has 0 aromatic heterocycles. The minimum Gasteiger partial charge on any atom is -0.381 e. The Kier molecular flexibility index (Phi) is 4.67. The Balaban J connectivity index is 1.96. The molecule has 0 saturated carbocycles. The molecule has 1 heterocycles. The van der Waals surface area contributed by atoms with E-state index in [1.54, 1.807) is 0 Å². The third-order valence-corrected chi connectivity index (χ3v) is 3.81. The molecule has 0 unspecified atom stereocenters. The molecule has 1 aliphatic heterocycles. The fourth-order valence-electron chi connectivity index (χ4n) is 2.41. The van der Waals surface area contributed by atoms with E-state index in [0.717, 1.165) is 38.7 Å². The molecule has 0 bridgehead atoms. The standard InChI is InChI=1S/C14H19FN2O3/c1-14(4-6-20-7-5-14)10-16-9-11-8-12(15)2-3-13(11)17(18)19/h2-3,8,16H,4-7,9-10H2,1H3. The molecule has 110 valence electrons. The van der Waals surface area contributed by atoms with E-state index in [0.29, 0.717) is 12.1 Å². The molecule has 20 heavy (non-hydrogen) atoms. The van der Waals surface area contributed by atoms with Crippen molar-refractivity contribution in [3.63, 3.8) is 0 Å². The van der Waals surface area contributed by atoms with E-state index in [2.05, 4.69) is 12.2 Å². The summed E-state index contributed by atoms with van der Waals surface area (Å²) in [5.41, 5.74) is 0.474. The molecule has 0 radical (unpaired) electrons. The van der Waals surface area contributed by atoms with E-state index < -0.39 is 10.7 Å². The van der Waals surface area contributed by atoms with Gasteiger partial charge in [0.15, 0.2) is 0 Å². The molecule has 1 aromatic rings. The van der Waals surface area contributed by atoms with Gasteiger partial charge in [-0.3, -0.25) is 10.1 Å². The molecule has 1 N–H and O–H groups in total. The van der Waals surface area contributed by atoms with Crippen molar-refractivity contribution in [3.8, 4) is 0 Å². The molecule has 1 aliphatic rings. The largest absolute Gasteiger partial charge is 0.381 e. The molecular weight excluding hydrogens is 263 g/mol. The quantitative estimate of drug-likeness (QED) is 0.666. The lowest BCUT2D eigenvalue weighted by atomic mass is 9.82. The highest BCUT2D eigenvalue weighted by atomic mass is 19.1. The first kappa shape index (κ1) is 14.9. The molecule has 0 amide bonds. The van der Waals surface area contributed by atoms with Gasteiger partial charge in [-0.15, -0.1) is 0 Å². The second-order valence-corrected chi connectivity index (χ2v) is 5.56. The predicted molar refractivity (Wildman–Crippen MR) is 72.9 cm³/mol. The van der Waals surface area contributed by atoms with Crippen molar-refractivity contribution in [3.05, 3.63) is 39.7 Å². The first-order valence-corrected chi connectivity index (χ1v) is 6.71. The average Bonchev–Trinajstić information content (AvgIpc) is 2.39. The maximum atomic E-state index is 13.2. The Morgan fingerprint density at radius 2 is 2.15 bits per heavy atom. The zero-order chi connectivity index (χ0) is 14.6. The van der Waals surface area contributed by atoms with Crippen molar-refractivity contribution >= 4 is 5.69 Å². The lowest BCUT2D eigenvalue weighted by molar-refractivity contribution is -0.385. The molecule has 5 nitrogen and oxygen atoms in total. The Morgan fingerprint density at radius 1 is 1.45 bits per heavy atom. The number of hydrogen-bond acceptors (Lipinski definition) is 4. The van der Waals surface area contributed by atoms with Crippen LogP contribution in [0.3, 0.4) is 0 Å². The summed E-state index contributed by atoms with van der Waals surface area (Å²) in [5, 5.41) is 14.1. The van der Waals surface area contributed by atoms with Gasteiger partial charge < -0.3 is 10.1 Å². The summed E-state index contributed by atoms with van der Waals surface area (Å²) < 4.78 is 18.5. The number of rotatable bonds is 5. The van der Waals surface area contributed by atoms with E-state index in [4.69, 9.17) is 4.74 Å². The van der Waals surface area contributed by atoms with Gasteiger partial charge in [0.25, 0.3) is 5.69 Å². The molecule has 0 spiro atoms. The Hall–Kier alpha value is -1.53. The number of nitro benzene ring substituents is 1. The SMILES string of the molecule is CC1(CNCc2cc(F)ccc2[N+](=O)[O-])CCOCC1. The summed E-state index contributed by atoms with van der Waals surface area (Å²) in [6.45, 7) is 4.70. The summed E-state index contributed by atoms with van der Waals surface area (Å²) in [5.74, 6) is -0.454. The molecule has 2 rings (SSSR count). The zero-order valence-electron chi connectivity index (χ0n) is 11.5. The summed E-state index contributed by atoms with van der Waals surface area (Å²) in [6.07, 6.45) is 1.93. The van der Waals surface area contributed by atoms with Gasteiger partial charge in [-0.2, -0.15) is 0 Å². The predicted octanol–water partition coefficient (Wildman–Crippen LogP) is 2.64.